The van der Waals surface area contributed by atoms with Crippen LogP contribution in [0.5, 0.6) is 0 Å². The number of nitrogens with zero attached hydrogens (tertiary/aromatic N) is 1. The molecule has 1 aromatic rings. The van der Waals surface area contributed by atoms with E-state index in [1.807, 2.05) is 6.92 Å². The van der Waals surface area contributed by atoms with Crippen LogP contribution in [0.2, 0.25) is 0 Å². The quantitative estimate of drug-likeness (QED) is 0.740. The summed E-state index contributed by atoms with van der Waals surface area (Å²) < 4.78 is 0. The van der Waals surface area contributed by atoms with Crippen molar-refractivity contribution in [3.05, 3.63) is 16.1 Å². The van der Waals surface area contributed by atoms with E-state index < -0.39 is 11.4 Å². The van der Waals surface area contributed by atoms with Crippen LogP contribution in [0.3, 0.4) is 0 Å². The van der Waals surface area contributed by atoms with E-state index in [-0.39, 0.29) is 12.6 Å². The highest BCUT2D eigenvalue weighted by Crippen LogP contribution is 2.14. The first-order chi connectivity index (χ1) is 8.85. The van der Waals surface area contributed by atoms with Crippen molar-refractivity contribution in [1.29, 1.82) is 0 Å². The summed E-state index contributed by atoms with van der Waals surface area (Å²) in [6.45, 7) is 5.59. The van der Waals surface area contributed by atoms with Crippen molar-refractivity contribution in [3.8, 4) is 0 Å². The fraction of sp³-hybridized carbons (Fsp3) is 0.583. The predicted molar refractivity (Wildman–Crippen MR) is 73.1 cm³/mol. The second kappa shape index (κ2) is 6.51. The molecule has 0 bridgehead atoms. The number of rotatable bonds is 6. The van der Waals surface area contributed by atoms with Gasteiger partial charge in [-0.3, -0.25) is 4.79 Å². The fourth-order valence-corrected chi connectivity index (χ4v) is 1.99. The normalized spacial score (nSPS) is 11.1. The highest BCUT2D eigenvalue weighted by atomic mass is 32.1. The maximum absolute atomic E-state index is 11.5. The summed E-state index contributed by atoms with van der Waals surface area (Å²) in [6, 6.07) is -0.387. The zero-order valence-corrected chi connectivity index (χ0v) is 12.1. The van der Waals surface area contributed by atoms with Gasteiger partial charge in [0.2, 0.25) is 0 Å². The first kappa shape index (κ1) is 15.4. The minimum absolute atomic E-state index is 0.0756. The number of urea groups is 1. The summed E-state index contributed by atoms with van der Waals surface area (Å²) in [5.41, 5.74) is -0.978. The Morgan fingerprint density at radius 3 is 2.63 bits per heavy atom. The summed E-state index contributed by atoms with van der Waals surface area (Å²) in [7, 11) is 0. The summed E-state index contributed by atoms with van der Waals surface area (Å²) in [5, 5.41) is 14.9. The van der Waals surface area contributed by atoms with E-state index in [2.05, 4.69) is 15.6 Å². The summed E-state index contributed by atoms with van der Waals surface area (Å²) in [6.07, 6.45) is 2.73. The number of hydrogen-bond acceptors (Lipinski definition) is 4. The number of aromatic nitrogens is 1. The Balaban J connectivity index is 2.34. The molecule has 0 spiro atoms. The molecule has 0 aromatic carbocycles. The minimum Gasteiger partial charge on any atom is -0.481 e. The van der Waals surface area contributed by atoms with Gasteiger partial charge in [0.15, 0.2) is 0 Å². The van der Waals surface area contributed by atoms with Crippen LogP contribution in [0.25, 0.3) is 0 Å². The van der Waals surface area contributed by atoms with Gasteiger partial charge in [0.1, 0.15) is 5.01 Å². The number of carbonyl (C=O) groups excluding carboxylic acids is 1. The Morgan fingerprint density at radius 2 is 2.11 bits per heavy atom. The Morgan fingerprint density at radius 1 is 1.42 bits per heavy atom. The molecule has 1 aromatic heterocycles. The SMILES string of the molecule is CCc1cnc(CNC(=O)NCC(C)(C)C(=O)O)s1. The number of aliphatic carboxylic acids is 1. The predicted octanol–water partition coefficient (Wildman–Crippen LogP) is 1.62. The van der Waals surface area contributed by atoms with E-state index in [4.69, 9.17) is 5.11 Å². The zero-order valence-electron chi connectivity index (χ0n) is 11.3. The third kappa shape index (κ3) is 4.86. The van der Waals surface area contributed by atoms with Gasteiger partial charge in [0.25, 0.3) is 0 Å². The molecule has 7 heteroatoms. The van der Waals surface area contributed by atoms with Crippen molar-refractivity contribution in [3.63, 3.8) is 0 Å². The van der Waals surface area contributed by atoms with Crippen molar-refractivity contribution < 1.29 is 14.7 Å². The summed E-state index contributed by atoms with van der Waals surface area (Å²) >= 11 is 1.56. The van der Waals surface area contributed by atoms with Gasteiger partial charge in [-0.1, -0.05) is 6.92 Å². The number of aryl methyl sites for hydroxylation is 1. The molecule has 6 nitrogen and oxygen atoms in total. The van der Waals surface area contributed by atoms with Gasteiger partial charge < -0.3 is 15.7 Å². The molecule has 0 saturated heterocycles. The van der Waals surface area contributed by atoms with Crippen molar-refractivity contribution in [2.24, 2.45) is 5.41 Å². The molecular formula is C12H19N3O3S. The number of nitrogens with one attached hydrogen (secondary N) is 2. The van der Waals surface area contributed by atoms with E-state index >= 15 is 0 Å². The van der Waals surface area contributed by atoms with Gasteiger partial charge in [0.05, 0.1) is 12.0 Å². The lowest BCUT2D eigenvalue weighted by atomic mass is 9.94. The Bertz CT molecular complexity index is 457. The number of thiazole rings is 1. The van der Waals surface area contributed by atoms with Gasteiger partial charge >= 0.3 is 12.0 Å². The Hall–Kier alpha value is -1.63. The van der Waals surface area contributed by atoms with Crippen LogP contribution in [0, 0.1) is 5.41 Å². The van der Waals surface area contributed by atoms with Crippen molar-refractivity contribution in [2.45, 2.75) is 33.7 Å². The Kier molecular flexibility index (Phi) is 5.29. The van der Waals surface area contributed by atoms with E-state index in [0.717, 1.165) is 11.4 Å². The average molecular weight is 285 g/mol. The zero-order chi connectivity index (χ0) is 14.5. The largest absolute Gasteiger partial charge is 0.481 e. The average Bonchev–Trinajstić information content (AvgIpc) is 2.81. The summed E-state index contributed by atoms with van der Waals surface area (Å²) in [5.74, 6) is -0.944. The second-order valence-electron chi connectivity index (χ2n) is 4.80. The number of hydrogen-bond donors (Lipinski definition) is 3. The molecule has 1 rings (SSSR count). The fourth-order valence-electron chi connectivity index (χ4n) is 1.19. The van der Waals surface area contributed by atoms with Gasteiger partial charge in [-0.2, -0.15) is 0 Å². The van der Waals surface area contributed by atoms with Gasteiger partial charge in [-0.15, -0.1) is 11.3 Å². The van der Waals surface area contributed by atoms with Crippen LogP contribution in [0.4, 0.5) is 4.79 Å². The molecule has 106 valence electrons. The number of carbonyl (C=O) groups is 2. The molecule has 0 fully saturated rings. The molecule has 2 amide bonds. The minimum atomic E-state index is -0.978. The lowest BCUT2D eigenvalue weighted by molar-refractivity contribution is -0.146. The van der Waals surface area contributed by atoms with Crippen LogP contribution in [-0.4, -0.2) is 28.6 Å². The van der Waals surface area contributed by atoms with Crippen LogP contribution in [0.15, 0.2) is 6.20 Å². The van der Waals surface area contributed by atoms with E-state index in [1.54, 1.807) is 31.4 Å². The van der Waals surface area contributed by atoms with Gasteiger partial charge in [-0.25, -0.2) is 9.78 Å². The first-order valence-electron chi connectivity index (χ1n) is 6.04. The van der Waals surface area contributed by atoms with Gasteiger partial charge in [-0.05, 0) is 20.3 Å². The third-order valence-electron chi connectivity index (χ3n) is 2.62. The number of amides is 2. The van der Waals surface area contributed by atoms with Crippen LogP contribution in [-0.2, 0) is 17.8 Å². The number of carboxylic acid groups (broad SMARTS) is 1. The molecule has 1 heterocycles. The Labute approximate surface area is 116 Å². The third-order valence-corrected chi connectivity index (χ3v) is 3.76. The van der Waals surface area contributed by atoms with E-state index in [1.165, 1.54) is 4.88 Å². The molecule has 19 heavy (non-hydrogen) atoms. The first-order valence-corrected chi connectivity index (χ1v) is 6.85. The maximum atomic E-state index is 11.5. The van der Waals surface area contributed by atoms with Crippen molar-refractivity contribution >= 4 is 23.3 Å². The van der Waals surface area contributed by atoms with Crippen molar-refractivity contribution in [1.82, 2.24) is 15.6 Å². The summed E-state index contributed by atoms with van der Waals surface area (Å²) in [4.78, 5) is 27.7. The smallest absolute Gasteiger partial charge is 0.315 e. The van der Waals surface area contributed by atoms with Crippen LogP contribution >= 0.6 is 11.3 Å². The molecule has 0 unspecified atom stereocenters. The van der Waals surface area contributed by atoms with Gasteiger partial charge in [0, 0.05) is 17.6 Å². The van der Waals surface area contributed by atoms with E-state index in [0.29, 0.717) is 6.54 Å². The lowest BCUT2D eigenvalue weighted by Gasteiger charge is -2.19. The topological polar surface area (TPSA) is 91.3 Å². The van der Waals surface area contributed by atoms with Crippen molar-refractivity contribution in [2.75, 3.05) is 6.54 Å². The second-order valence-corrected chi connectivity index (χ2v) is 6.00. The molecule has 0 saturated carbocycles. The molecule has 0 aliphatic heterocycles. The molecule has 0 radical (unpaired) electrons. The highest BCUT2D eigenvalue weighted by molar-refractivity contribution is 7.11. The number of carboxylic acids is 1. The molecular weight excluding hydrogens is 266 g/mol. The monoisotopic (exact) mass is 285 g/mol. The van der Waals surface area contributed by atoms with Crippen LogP contribution in [0.1, 0.15) is 30.7 Å². The van der Waals surface area contributed by atoms with Crippen LogP contribution < -0.4 is 10.6 Å². The lowest BCUT2D eigenvalue weighted by Crippen LogP contribution is -2.43. The standard InChI is InChI=1S/C12H19N3O3S/c1-4-8-5-13-9(19-8)6-14-11(18)15-7-12(2,3)10(16)17/h5H,4,6-7H2,1-3H3,(H,16,17)(H2,14,15,18). The highest BCUT2D eigenvalue weighted by Gasteiger charge is 2.27. The maximum Gasteiger partial charge on any atom is 0.315 e. The molecule has 0 aliphatic carbocycles. The van der Waals surface area contributed by atoms with E-state index in [9.17, 15) is 9.59 Å². The molecule has 0 atom stereocenters. The molecule has 3 N–H and O–H groups in total. The molecule has 0 aliphatic rings.